The highest BCUT2D eigenvalue weighted by Gasteiger charge is 2.04. The van der Waals surface area contributed by atoms with Gasteiger partial charge in [0.15, 0.2) is 0 Å². The van der Waals surface area contributed by atoms with E-state index < -0.39 is 0 Å². The predicted molar refractivity (Wildman–Crippen MR) is 74.0 cm³/mol. The fourth-order valence-corrected chi connectivity index (χ4v) is 2.73. The molecule has 1 nitrogen and oxygen atoms in total. The van der Waals surface area contributed by atoms with Crippen molar-refractivity contribution in [3.63, 3.8) is 0 Å². The molecule has 0 spiro atoms. The quantitative estimate of drug-likeness (QED) is 0.721. The smallest absolute Gasteiger partial charge is 0.130 e. The fourth-order valence-electron chi connectivity index (χ4n) is 1.50. The van der Waals surface area contributed by atoms with E-state index >= 15 is 0 Å². The molecule has 0 atom stereocenters. The number of halogens is 1. The van der Waals surface area contributed by atoms with Gasteiger partial charge in [-0.05, 0) is 55.7 Å². The van der Waals surface area contributed by atoms with E-state index in [0.717, 1.165) is 10.5 Å². The zero-order valence-electron chi connectivity index (χ0n) is 10.1. The maximum atomic E-state index is 5.92. The molecule has 3 heteroatoms. The molecular formula is C14H14ClNS. The zero-order valence-corrected chi connectivity index (χ0v) is 11.7. The summed E-state index contributed by atoms with van der Waals surface area (Å²) >= 11 is 7.64. The zero-order chi connectivity index (χ0) is 12.4. The Labute approximate surface area is 111 Å². The van der Waals surface area contributed by atoms with Crippen LogP contribution in [0.3, 0.4) is 0 Å². The monoisotopic (exact) mass is 263 g/mol. The summed E-state index contributed by atoms with van der Waals surface area (Å²) in [6.45, 7) is 6.30. The molecule has 88 valence electrons. The first-order valence-corrected chi connectivity index (χ1v) is 6.63. The SMILES string of the molecule is Cc1ccc(Sc2cc(Cl)ncc2C)cc1C. The molecule has 0 saturated carbocycles. The average molecular weight is 264 g/mol. The largest absolute Gasteiger partial charge is 0.244 e. The van der Waals surface area contributed by atoms with Gasteiger partial charge in [0.05, 0.1) is 0 Å². The third kappa shape index (κ3) is 3.02. The van der Waals surface area contributed by atoms with Crippen molar-refractivity contribution in [3.05, 3.63) is 52.3 Å². The first kappa shape index (κ1) is 12.5. The minimum absolute atomic E-state index is 0.543. The molecule has 0 aliphatic carbocycles. The first-order valence-electron chi connectivity index (χ1n) is 5.43. The summed E-state index contributed by atoms with van der Waals surface area (Å²) in [6.07, 6.45) is 1.81. The normalized spacial score (nSPS) is 10.6. The summed E-state index contributed by atoms with van der Waals surface area (Å²) < 4.78 is 0. The van der Waals surface area contributed by atoms with Crippen LogP contribution in [0, 0.1) is 20.8 Å². The van der Waals surface area contributed by atoms with Gasteiger partial charge in [0, 0.05) is 16.0 Å². The second kappa shape index (κ2) is 5.11. The van der Waals surface area contributed by atoms with Crippen LogP contribution in [0.4, 0.5) is 0 Å². The number of aromatic nitrogens is 1. The van der Waals surface area contributed by atoms with E-state index in [9.17, 15) is 0 Å². The number of aryl methyl sites for hydroxylation is 3. The minimum Gasteiger partial charge on any atom is -0.244 e. The molecule has 0 unspecified atom stereocenters. The van der Waals surface area contributed by atoms with Crippen molar-refractivity contribution in [2.24, 2.45) is 0 Å². The van der Waals surface area contributed by atoms with Crippen LogP contribution in [-0.2, 0) is 0 Å². The van der Waals surface area contributed by atoms with Gasteiger partial charge in [-0.2, -0.15) is 0 Å². The highest BCUT2D eigenvalue weighted by Crippen LogP contribution is 2.32. The van der Waals surface area contributed by atoms with Gasteiger partial charge in [-0.1, -0.05) is 29.4 Å². The van der Waals surface area contributed by atoms with Gasteiger partial charge in [-0.15, -0.1) is 0 Å². The average Bonchev–Trinajstić information content (AvgIpc) is 2.29. The van der Waals surface area contributed by atoms with Gasteiger partial charge in [-0.3, -0.25) is 0 Å². The maximum absolute atomic E-state index is 5.92. The number of nitrogens with zero attached hydrogens (tertiary/aromatic N) is 1. The lowest BCUT2D eigenvalue weighted by molar-refractivity contribution is 1.18. The minimum atomic E-state index is 0.543. The van der Waals surface area contributed by atoms with E-state index in [4.69, 9.17) is 11.6 Å². The Morgan fingerprint density at radius 3 is 2.47 bits per heavy atom. The molecule has 0 aliphatic rings. The molecule has 1 heterocycles. The molecule has 0 amide bonds. The highest BCUT2D eigenvalue weighted by atomic mass is 35.5. The van der Waals surface area contributed by atoms with Crippen LogP contribution in [0.15, 0.2) is 40.3 Å². The number of hydrogen-bond acceptors (Lipinski definition) is 2. The van der Waals surface area contributed by atoms with Gasteiger partial charge in [-0.25, -0.2) is 4.98 Å². The van der Waals surface area contributed by atoms with Crippen molar-refractivity contribution in [1.82, 2.24) is 4.98 Å². The number of hydrogen-bond donors (Lipinski definition) is 0. The summed E-state index contributed by atoms with van der Waals surface area (Å²) in [7, 11) is 0. The van der Waals surface area contributed by atoms with Crippen molar-refractivity contribution in [1.29, 1.82) is 0 Å². The Morgan fingerprint density at radius 2 is 1.76 bits per heavy atom. The molecule has 0 N–H and O–H groups in total. The lowest BCUT2D eigenvalue weighted by Gasteiger charge is -2.07. The van der Waals surface area contributed by atoms with Crippen LogP contribution >= 0.6 is 23.4 Å². The van der Waals surface area contributed by atoms with E-state index in [1.165, 1.54) is 16.0 Å². The molecule has 0 aliphatic heterocycles. The van der Waals surface area contributed by atoms with Gasteiger partial charge >= 0.3 is 0 Å². The fraction of sp³-hybridized carbons (Fsp3) is 0.214. The summed E-state index contributed by atoms with van der Waals surface area (Å²) in [5, 5.41) is 0.543. The van der Waals surface area contributed by atoms with E-state index in [-0.39, 0.29) is 0 Å². The molecule has 0 saturated heterocycles. The molecule has 0 bridgehead atoms. The van der Waals surface area contributed by atoms with E-state index in [1.807, 2.05) is 19.2 Å². The second-order valence-corrected chi connectivity index (χ2v) is 5.62. The molecule has 1 aromatic carbocycles. The molecule has 0 fully saturated rings. The van der Waals surface area contributed by atoms with Gasteiger partial charge in [0.25, 0.3) is 0 Å². The topological polar surface area (TPSA) is 12.9 Å². The highest BCUT2D eigenvalue weighted by molar-refractivity contribution is 7.99. The summed E-state index contributed by atoms with van der Waals surface area (Å²) in [5.74, 6) is 0. The molecule has 17 heavy (non-hydrogen) atoms. The maximum Gasteiger partial charge on any atom is 0.130 e. The van der Waals surface area contributed by atoms with Gasteiger partial charge < -0.3 is 0 Å². The predicted octanol–water partition coefficient (Wildman–Crippen LogP) is 4.81. The Balaban J connectivity index is 2.31. The van der Waals surface area contributed by atoms with Crippen molar-refractivity contribution >= 4 is 23.4 Å². The van der Waals surface area contributed by atoms with Crippen LogP contribution in [0.25, 0.3) is 0 Å². The van der Waals surface area contributed by atoms with Crippen LogP contribution in [0.1, 0.15) is 16.7 Å². The molecule has 2 aromatic rings. The summed E-state index contributed by atoms with van der Waals surface area (Å²) in [6, 6.07) is 8.40. The Kier molecular flexibility index (Phi) is 3.75. The van der Waals surface area contributed by atoms with E-state index in [1.54, 1.807) is 11.8 Å². The number of pyridine rings is 1. The number of benzene rings is 1. The number of rotatable bonds is 2. The standard InChI is InChI=1S/C14H14ClNS/c1-9-4-5-12(6-10(9)2)17-13-7-14(15)16-8-11(13)3/h4-8H,1-3H3. The molecule has 0 radical (unpaired) electrons. The summed E-state index contributed by atoms with van der Waals surface area (Å²) in [5.41, 5.74) is 3.78. The Hall–Kier alpha value is -0.990. The summed E-state index contributed by atoms with van der Waals surface area (Å²) in [4.78, 5) is 6.46. The third-order valence-corrected chi connectivity index (χ3v) is 4.08. The van der Waals surface area contributed by atoms with Crippen LogP contribution in [0.2, 0.25) is 5.15 Å². The molecule has 2 rings (SSSR count). The second-order valence-electron chi connectivity index (χ2n) is 4.12. The van der Waals surface area contributed by atoms with Crippen molar-refractivity contribution in [3.8, 4) is 0 Å². The van der Waals surface area contributed by atoms with Gasteiger partial charge in [0.1, 0.15) is 5.15 Å². The van der Waals surface area contributed by atoms with Crippen molar-refractivity contribution < 1.29 is 0 Å². The Bertz CT molecular complexity index is 552. The van der Waals surface area contributed by atoms with Crippen molar-refractivity contribution in [2.75, 3.05) is 0 Å². The lowest BCUT2D eigenvalue weighted by Crippen LogP contribution is -1.85. The van der Waals surface area contributed by atoms with Gasteiger partial charge in [0.2, 0.25) is 0 Å². The van der Waals surface area contributed by atoms with Crippen molar-refractivity contribution in [2.45, 2.75) is 30.6 Å². The van der Waals surface area contributed by atoms with Crippen LogP contribution < -0.4 is 0 Å². The van der Waals surface area contributed by atoms with Crippen LogP contribution in [0.5, 0.6) is 0 Å². The Morgan fingerprint density at radius 1 is 1.00 bits per heavy atom. The lowest BCUT2D eigenvalue weighted by atomic mass is 10.1. The van der Waals surface area contributed by atoms with E-state index in [0.29, 0.717) is 5.15 Å². The molecular weight excluding hydrogens is 250 g/mol. The van der Waals surface area contributed by atoms with E-state index in [2.05, 4.69) is 37.0 Å². The molecule has 1 aromatic heterocycles. The van der Waals surface area contributed by atoms with Crippen LogP contribution in [-0.4, -0.2) is 4.98 Å². The first-order chi connectivity index (χ1) is 8.06. The third-order valence-electron chi connectivity index (χ3n) is 2.73.